The van der Waals surface area contributed by atoms with E-state index in [1.54, 1.807) is 12.1 Å². The van der Waals surface area contributed by atoms with Crippen LogP contribution in [0.2, 0.25) is 0 Å². The van der Waals surface area contributed by atoms with Crippen LogP contribution in [-0.4, -0.2) is 32.8 Å². The fourth-order valence-electron chi connectivity index (χ4n) is 2.43. The molecule has 0 amide bonds. The van der Waals surface area contributed by atoms with Gasteiger partial charge in [0.1, 0.15) is 10.7 Å². The van der Waals surface area contributed by atoms with Crippen LogP contribution in [0.5, 0.6) is 0 Å². The third-order valence-corrected chi connectivity index (χ3v) is 4.98. The Kier molecular flexibility index (Phi) is 4.24. The van der Waals surface area contributed by atoms with Gasteiger partial charge in [-0.15, -0.1) is 11.8 Å². The first-order valence-electron chi connectivity index (χ1n) is 7.15. The average molecular weight is 332 g/mol. The number of nitrogens with zero attached hydrogens (tertiary/aromatic N) is 1. The zero-order chi connectivity index (χ0) is 16.4. The van der Waals surface area contributed by atoms with Gasteiger partial charge in [-0.05, 0) is 30.5 Å². The number of rotatable bonds is 4. The van der Waals surface area contributed by atoms with E-state index in [1.807, 2.05) is 12.1 Å². The number of carboxylic acid groups (broad SMARTS) is 1. The summed E-state index contributed by atoms with van der Waals surface area (Å²) in [7, 11) is 0. The third kappa shape index (κ3) is 3.48. The number of nitrogens with two attached hydrogens (primary N) is 1. The second-order valence-corrected chi connectivity index (χ2v) is 6.60. The van der Waals surface area contributed by atoms with Crippen LogP contribution >= 0.6 is 11.8 Å². The van der Waals surface area contributed by atoms with E-state index in [-0.39, 0.29) is 22.3 Å². The van der Waals surface area contributed by atoms with Crippen molar-refractivity contribution < 1.29 is 9.90 Å². The van der Waals surface area contributed by atoms with Crippen LogP contribution in [0, 0.1) is 0 Å². The molecule has 1 aromatic carbocycles. The van der Waals surface area contributed by atoms with Crippen LogP contribution in [0.1, 0.15) is 22.3 Å². The topological polar surface area (TPSA) is 121 Å². The van der Waals surface area contributed by atoms with Gasteiger partial charge in [-0.1, -0.05) is 12.1 Å². The van der Waals surface area contributed by atoms with E-state index < -0.39 is 5.97 Å². The summed E-state index contributed by atoms with van der Waals surface area (Å²) >= 11 is 1.50. The van der Waals surface area contributed by atoms with Crippen LogP contribution in [0.25, 0.3) is 0 Å². The molecule has 1 unspecified atom stereocenters. The highest BCUT2D eigenvalue weighted by atomic mass is 32.2. The first-order valence-corrected chi connectivity index (χ1v) is 8.03. The lowest BCUT2D eigenvalue weighted by atomic mass is 10.1. The Morgan fingerprint density at radius 3 is 2.83 bits per heavy atom. The molecule has 1 atom stereocenters. The molecule has 0 spiro atoms. The summed E-state index contributed by atoms with van der Waals surface area (Å²) in [6.45, 7) is 0.709. The number of nitrogens with one attached hydrogen (secondary N) is 2. The maximum Gasteiger partial charge on any atom is 0.335 e. The number of benzene rings is 1. The highest BCUT2D eigenvalue weighted by molar-refractivity contribution is 8.00. The minimum absolute atomic E-state index is 0.110. The highest BCUT2D eigenvalue weighted by Crippen LogP contribution is 2.33. The van der Waals surface area contributed by atoms with E-state index in [0.717, 1.165) is 18.4 Å². The molecule has 0 aliphatic carbocycles. The maximum atomic E-state index is 11.9. The second kappa shape index (κ2) is 6.33. The van der Waals surface area contributed by atoms with Gasteiger partial charge in [-0.2, -0.15) is 4.98 Å². The largest absolute Gasteiger partial charge is 0.478 e. The van der Waals surface area contributed by atoms with Gasteiger partial charge in [0.25, 0.3) is 5.56 Å². The highest BCUT2D eigenvalue weighted by Gasteiger charge is 2.23. The number of carboxylic acids is 1. The summed E-state index contributed by atoms with van der Waals surface area (Å²) in [6.07, 6.45) is 1.68. The van der Waals surface area contributed by atoms with Gasteiger partial charge >= 0.3 is 5.97 Å². The molecular formula is C15H16N4O3S. The van der Waals surface area contributed by atoms with Gasteiger partial charge in [-0.25, -0.2) is 4.79 Å². The fourth-order valence-corrected chi connectivity index (χ4v) is 3.55. The summed E-state index contributed by atoms with van der Waals surface area (Å²) in [5.74, 6) is -0.275. The first kappa shape index (κ1) is 15.4. The molecule has 0 radical (unpaired) electrons. The molecule has 1 aromatic heterocycles. The van der Waals surface area contributed by atoms with Crippen molar-refractivity contribution in [1.29, 1.82) is 0 Å². The number of aryl methyl sites for hydroxylation is 1. The molecule has 0 saturated heterocycles. The molecule has 7 nitrogen and oxygen atoms in total. The Balaban J connectivity index is 1.64. The molecular weight excluding hydrogens is 316 g/mol. The zero-order valence-corrected chi connectivity index (χ0v) is 13.0. The Morgan fingerprint density at radius 2 is 2.13 bits per heavy atom. The van der Waals surface area contributed by atoms with Gasteiger partial charge in [0.15, 0.2) is 0 Å². The standard InChI is InChI=1S/C15H16N4O3S/c16-15-18-12-11(13(20)19-15)23-10(7-17-12)6-3-8-1-4-9(5-2-8)14(21)22/h1-2,4-5,10H,3,6-7H2,(H,21,22)(H4,16,17,18,19,20). The number of fused-ring (bicyclic) bond motifs is 1. The summed E-state index contributed by atoms with van der Waals surface area (Å²) in [5, 5.41) is 12.3. The van der Waals surface area contributed by atoms with E-state index in [2.05, 4.69) is 15.3 Å². The number of carbonyl (C=O) groups is 1. The Labute approximate surface area is 136 Å². The van der Waals surface area contributed by atoms with E-state index in [1.165, 1.54) is 11.8 Å². The lowest BCUT2D eigenvalue weighted by Gasteiger charge is -2.24. The molecule has 1 aliphatic heterocycles. The normalized spacial score (nSPS) is 16.4. The van der Waals surface area contributed by atoms with Crippen LogP contribution in [0.4, 0.5) is 11.8 Å². The monoisotopic (exact) mass is 332 g/mol. The van der Waals surface area contributed by atoms with Gasteiger partial charge in [0, 0.05) is 11.8 Å². The molecule has 2 aromatic rings. The minimum Gasteiger partial charge on any atom is -0.478 e. The average Bonchev–Trinajstić information content (AvgIpc) is 2.53. The van der Waals surface area contributed by atoms with Crippen molar-refractivity contribution in [2.75, 3.05) is 17.6 Å². The zero-order valence-electron chi connectivity index (χ0n) is 12.2. The Bertz CT molecular complexity index is 788. The van der Waals surface area contributed by atoms with Crippen molar-refractivity contribution >= 4 is 29.5 Å². The summed E-state index contributed by atoms with van der Waals surface area (Å²) in [6, 6.07) is 6.87. The van der Waals surface area contributed by atoms with Crippen LogP contribution in [-0.2, 0) is 6.42 Å². The second-order valence-electron chi connectivity index (χ2n) is 5.29. The minimum atomic E-state index is -0.925. The Hall–Kier alpha value is -2.48. The maximum absolute atomic E-state index is 11.9. The van der Waals surface area contributed by atoms with Gasteiger partial charge in [0.05, 0.1) is 5.56 Å². The molecule has 23 heavy (non-hydrogen) atoms. The first-order chi connectivity index (χ1) is 11.0. The Morgan fingerprint density at radius 1 is 1.39 bits per heavy atom. The lowest BCUT2D eigenvalue weighted by molar-refractivity contribution is 0.0697. The van der Waals surface area contributed by atoms with E-state index in [9.17, 15) is 9.59 Å². The van der Waals surface area contributed by atoms with E-state index in [0.29, 0.717) is 17.3 Å². The number of nitrogen functional groups attached to an aromatic ring is 1. The number of aromatic carboxylic acids is 1. The molecule has 5 N–H and O–H groups in total. The summed E-state index contributed by atoms with van der Waals surface area (Å²) in [5.41, 5.74) is 6.66. The van der Waals surface area contributed by atoms with E-state index in [4.69, 9.17) is 10.8 Å². The van der Waals surface area contributed by atoms with Crippen molar-refractivity contribution in [3.8, 4) is 0 Å². The number of aromatic amines is 1. The number of aromatic nitrogens is 2. The predicted octanol–water partition coefficient (Wildman–Crippen LogP) is 1.57. The fraction of sp³-hybridized carbons (Fsp3) is 0.267. The third-order valence-electron chi connectivity index (χ3n) is 3.63. The number of thioether (sulfide) groups is 1. The summed E-state index contributed by atoms with van der Waals surface area (Å²) in [4.78, 5) is 29.9. The molecule has 2 heterocycles. The van der Waals surface area contributed by atoms with Gasteiger partial charge < -0.3 is 16.2 Å². The smallest absolute Gasteiger partial charge is 0.335 e. The van der Waals surface area contributed by atoms with Crippen LogP contribution in [0.3, 0.4) is 0 Å². The predicted molar refractivity (Wildman–Crippen MR) is 89.1 cm³/mol. The van der Waals surface area contributed by atoms with Crippen molar-refractivity contribution in [3.63, 3.8) is 0 Å². The SMILES string of the molecule is Nc1nc2c(c(=O)[nH]1)SC(CCc1ccc(C(=O)O)cc1)CN2. The van der Waals surface area contributed by atoms with Crippen LogP contribution in [0.15, 0.2) is 34.0 Å². The van der Waals surface area contributed by atoms with Crippen molar-refractivity contribution in [2.24, 2.45) is 0 Å². The quantitative estimate of drug-likeness (QED) is 0.670. The molecule has 0 fully saturated rings. The van der Waals surface area contributed by atoms with Crippen molar-refractivity contribution in [3.05, 3.63) is 45.7 Å². The number of hydrogen-bond donors (Lipinski definition) is 4. The van der Waals surface area contributed by atoms with E-state index >= 15 is 0 Å². The molecule has 120 valence electrons. The summed E-state index contributed by atoms with van der Waals surface area (Å²) < 4.78 is 0. The van der Waals surface area contributed by atoms with Crippen molar-refractivity contribution in [1.82, 2.24) is 9.97 Å². The molecule has 0 bridgehead atoms. The lowest BCUT2D eigenvalue weighted by Crippen LogP contribution is -2.28. The number of H-pyrrole nitrogens is 1. The number of hydrogen-bond acceptors (Lipinski definition) is 6. The molecule has 3 rings (SSSR count). The molecule has 0 saturated carbocycles. The van der Waals surface area contributed by atoms with Gasteiger partial charge in [-0.3, -0.25) is 9.78 Å². The molecule has 8 heteroatoms. The van der Waals surface area contributed by atoms with Crippen molar-refractivity contribution in [2.45, 2.75) is 23.0 Å². The van der Waals surface area contributed by atoms with Crippen LogP contribution < -0.4 is 16.6 Å². The van der Waals surface area contributed by atoms with Gasteiger partial charge in [0.2, 0.25) is 5.95 Å². The molecule has 1 aliphatic rings. The number of anilines is 2.